The van der Waals surface area contributed by atoms with Gasteiger partial charge in [-0.05, 0) is 29.8 Å². The minimum absolute atomic E-state index is 0.0564. The van der Waals surface area contributed by atoms with E-state index in [1.54, 1.807) is 12.4 Å². The molecule has 0 bridgehead atoms. The maximum Gasteiger partial charge on any atom is 0.258 e. The van der Waals surface area contributed by atoms with Gasteiger partial charge in [-0.1, -0.05) is 28.9 Å². The lowest BCUT2D eigenvalue weighted by molar-refractivity contribution is -0.128. The van der Waals surface area contributed by atoms with Crippen LogP contribution >= 0.6 is 11.6 Å². The lowest BCUT2D eigenvalue weighted by atomic mass is 10.1. The quantitative estimate of drug-likeness (QED) is 0.718. The number of likely N-dealkylation sites (tertiary alicyclic amines) is 1. The fourth-order valence-corrected chi connectivity index (χ4v) is 3.05. The van der Waals surface area contributed by atoms with Crippen LogP contribution in [0, 0.1) is 0 Å². The minimum atomic E-state index is -0.0564. The molecular weight excluding hydrogens is 340 g/mol. The average molecular weight is 355 g/mol. The molecule has 25 heavy (non-hydrogen) atoms. The smallest absolute Gasteiger partial charge is 0.258 e. The molecule has 0 radical (unpaired) electrons. The second-order valence-corrected chi connectivity index (χ2v) is 6.43. The number of hydrogen-bond donors (Lipinski definition) is 0. The third-order valence-electron chi connectivity index (χ3n) is 4.24. The van der Waals surface area contributed by atoms with E-state index in [-0.39, 0.29) is 11.8 Å². The van der Waals surface area contributed by atoms with Crippen molar-refractivity contribution in [3.63, 3.8) is 0 Å². The van der Waals surface area contributed by atoms with Gasteiger partial charge in [0.2, 0.25) is 5.91 Å². The molecule has 0 saturated carbocycles. The first kappa shape index (κ1) is 15.8. The van der Waals surface area contributed by atoms with E-state index in [2.05, 4.69) is 15.1 Å². The predicted octanol–water partition coefficient (Wildman–Crippen LogP) is 3.30. The summed E-state index contributed by atoms with van der Waals surface area (Å²) in [4.78, 5) is 22.5. The van der Waals surface area contributed by atoms with Gasteiger partial charge < -0.3 is 9.42 Å². The molecule has 1 unspecified atom stereocenters. The number of aromatic nitrogens is 3. The Morgan fingerprint density at radius 1 is 1.16 bits per heavy atom. The van der Waals surface area contributed by atoms with Crippen LogP contribution in [0.25, 0.3) is 11.5 Å². The van der Waals surface area contributed by atoms with E-state index < -0.39 is 0 Å². The molecule has 3 aromatic rings. The molecule has 1 amide bonds. The highest BCUT2D eigenvalue weighted by Gasteiger charge is 2.33. The number of pyridine rings is 1. The van der Waals surface area contributed by atoms with Gasteiger partial charge in [0.15, 0.2) is 5.82 Å². The third kappa shape index (κ3) is 3.39. The molecule has 0 aliphatic carbocycles. The van der Waals surface area contributed by atoms with Crippen LogP contribution in [0.3, 0.4) is 0 Å². The van der Waals surface area contributed by atoms with E-state index in [9.17, 15) is 4.79 Å². The Morgan fingerprint density at radius 2 is 1.92 bits per heavy atom. The first-order valence-corrected chi connectivity index (χ1v) is 8.33. The molecule has 1 aliphatic rings. The average Bonchev–Trinajstić information content (AvgIpc) is 3.25. The van der Waals surface area contributed by atoms with Crippen LogP contribution in [0.4, 0.5) is 0 Å². The molecule has 0 N–H and O–H groups in total. The van der Waals surface area contributed by atoms with Gasteiger partial charge >= 0.3 is 0 Å². The standard InChI is InChI=1S/C18H15ClN4O2/c19-15-3-1-12(2-4-15)10-23-11-14(9-16(23)24)17-21-18(25-22-17)13-5-7-20-8-6-13/h1-8,14H,9-11H2. The molecule has 7 heteroatoms. The molecule has 1 saturated heterocycles. The number of carbonyl (C=O) groups excluding carboxylic acids is 1. The van der Waals surface area contributed by atoms with Gasteiger partial charge in [-0.25, -0.2) is 0 Å². The van der Waals surface area contributed by atoms with Crippen molar-refractivity contribution in [2.45, 2.75) is 18.9 Å². The lowest BCUT2D eigenvalue weighted by Gasteiger charge is -2.16. The summed E-state index contributed by atoms with van der Waals surface area (Å²) in [6.07, 6.45) is 3.74. The molecular formula is C18H15ClN4O2. The van der Waals surface area contributed by atoms with Crippen LogP contribution < -0.4 is 0 Å². The monoisotopic (exact) mass is 354 g/mol. The molecule has 6 nitrogen and oxygen atoms in total. The van der Waals surface area contributed by atoms with Crippen molar-refractivity contribution >= 4 is 17.5 Å². The van der Waals surface area contributed by atoms with Crippen molar-refractivity contribution in [3.8, 4) is 11.5 Å². The Kier molecular flexibility index (Phi) is 4.19. The molecule has 1 aliphatic heterocycles. The van der Waals surface area contributed by atoms with Gasteiger partial charge in [0.25, 0.3) is 5.89 Å². The van der Waals surface area contributed by atoms with Crippen LogP contribution in [0.5, 0.6) is 0 Å². The number of amides is 1. The normalized spacial score (nSPS) is 17.2. The van der Waals surface area contributed by atoms with E-state index in [0.29, 0.717) is 36.2 Å². The fourth-order valence-electron chi connectivity index (χ4n) is 2.92. The van der Waals surface area contributed by atoms with Gasteiger partial charge in [-0.15, -0.1) is 0 Å². The van der Waals surface area contributed by atoms with Gasteiger partial charge in [0.1, 0.15) is 0 Å². The zero-order chi connectivity index (χ0) is 17.2. The van der Waals surface area contributed by atoms with Crippen molar-refractivity contribution in [1.29, 1.82) is 0 Å². The summed E-state index contributed by atoms with van der Waals surface area (Å²) in [5.74, 6) is 1.05. The van der Waals surface area contributed by atoms with Gasteiger partial charge in [-0.3, -0.25) is 9.78 Å². The zero-order valence-electron chi connectivity index (χ0n) is 13.3. The van der Waals surface area contributed by atoms with Crippen molar-refractivity contribution in [2.75, 3.05) is 6.54 Å². The van der Waals surface area contributed by atoms with Gasteiger partial charge in [-0.2, -0.15) is 4.98 Å². The molecule has 3 heterocycles. The summed E-state index contributed by atoms with van der Waals surface area (Å²) in [5.41, 5.74) is 1.86. The van der Waals surface area contributed by atoms with Gasteiger partial charge in [0, 0.05) is 48.4 Å². The summed E-state index contributed by atoms with van der Waals surface area (Å²) in [6.45, 7) is 1.14. The highest BCUT2D eigenvalue weighted by atomic mass is 35.5. The summed E-state index contributed by atoms with van der Waals surface area (Å²) in [5, 5.41) is 4.74. The first-order valence-electron chi connectivity index (χ1n) is 7.95. The molecule has 4 rings (SSSR count). The van der Waals surface area contributed by atoms with Crippen molar-refractivity contribution in [2.24, 2.45) is 0 Å². The second-order valence-electron chi connectivity index (χ2n) is 6.00. The Labute approximate surface area is 149 Å². The Bertz CT molecular complexity index is 880. The van der Waals surface area contributed by atoms with E-state index in [1.165, 1.54) is 0 Å². The Morgan fingerprint density at radius 3 is 2.68 bits per heavy atom. The highest BCUT2D eigenvalue weighted by Crippen LogP contribution is 2.29. The van der Waals surface area contributed by atoms with Crippen molar-refractivity contribution in [1.82, 2.24) is 20.0 Å². The molecule has 1 aromatic carbocycles. The number of benzene rings is 1. The molecule has 1 fully saturated rings. The largest absolute Gasteiger partial charge is 0.338 e. The molecule has 126 valence electrons. The zero-order valence-corrected chi connectivity index (χ0v) is 14.1. The molecule has 1 atom stereocenters. The van der Waals surface area contributed by atoms with E-state index in [0.717, 1.165) is 11.1 Å². The summed E-state index contributed by atoms with van der Waals surface area (Å²) in [7, 11) is 0. The number of rotatable bonds is 4. The molecule has 2 aromatic heterocycles. The Hall–Kier alpha value is -2.73. The van der Waals surface area contributed by atoms with Crippen LogP contribution in [-0.2, 0) is 11.3 Å². The van der Waals surface area contributed by atoms with Crippen LogP contribution in [-0.4, -0.2) is 32.5 Å². The van der Waals surface area contributed by atoms with E-state index in [1.807, 2.05) is 41.3 Å². The molecule has 0 spiro atoms. The minimum Gasteiger partial charge on any atom is -0.338 e. The number of hydrogen-bond acceptors (Lipinski definition) is 5. The topological polar surface area (TPSA) is 72.1 Å². The lowest BCUT2D eigenvalue weighted by Crippen LogP contribution is -2.24. The fraction of sp³-hybridized carbons (Fsp3) is 0.222. The van der Waals surface area contributed by atoms with Crippen molar-refractivity contribution in [3.05, 3.63) is 65.2 Å². The van der Waals surface area contributed by atoms with Crippen LogP contribution in [0.1, 0.15) is 23.7 Å². The van der Waals surface area contributed by atoms with Crippen LogP contribution in [0.2, 0.25) is 5.02 Å². The number of halogens is 1. The summed E-state index contributed by atoms with van der Waals surface area (Å²) >= 11 is 5.90. The predicted molar refractivity (Wildman–Crippen MR) is 91.8 cm³/mol. The van der Waals surface area contributed by atoms with E-state index in [4.69, 9.17) is 16.1 Å². The van der Waals surface area contributed by atoms with Gasteiger partial charge in [0.05, 0.1) is 0 Å². The number of carbonyl (C=O) groups is 1. The first-order chi connectivity index (χ1) is 12.2. The summed E-state index contributed by atoms with van der Waals surface area (Å²) in [6, 6.07) is 11.1. The van der Waals surface area contributed by atoms with E-state index >= 15 is 0 Å². The maximum atomic E-state index is 12.3. The number of nitrogens with zero attached hydrogens (tertiary/aromatic N) is 4. The SMILES string of the molecule is O=C1CC(c2noc(-c3ccncc3)n2)CN1Cc1ccc(Cl)cc1. The second kappa shape index (κ2) is 6.64. The van der Waals surface area contributed by atoms with Crippen LogP contribution in [0.15, 0.2) is 53.3 Å². The Balaban J connectivity index is 1.47. The maximum absolute atomic E-state index is 12.3. The third-order valence-corrected chi connectivity index (χ3v) is 4.49. The van der Waals surface area contributed by atoms with Crippen molar-refractivity contribution < 1.29 is 9.32 Å². The summed E-state index contributed by atoms with van der Waals surface area (Å²) < 4.78 is 5.33. The highest BCUT2D eigenvalue weighted by molar-refractivity contribution is 6.30.